The molecule has 0 bridgehead atoms. The molecule has 0 aromatic heterocycles. The normalized spacial score (nSPS) is 20.0. The molecule has 3 nitrogen and oxygen atoms in total. The van der Waals surface area contributed by atoms with Gasteiger partial charge in [0.25, 0.3) is 0 Å². The average Bonchev–Trinajstić information content (AvgIpc) is 3.36. The van der Waals surface area contributed by atoms with Gasteiger partial charge in [0.15, 0.2) is 5.78 Å². The molecule has 2 aliphatic rings. The van der Waals surface area contributed by atoms with Crippen molar-refractivity contribution in [3.8, 4) is 11.1 Å². The fraction of sp³-hybridized carbons (Fsp3) is 0.240. The zero-order valence-corrected chi connectivity index (χ0v) is 16.0. The zero-order valence-electron chi connectivity index (χ0n) is 16.0. The number of fused-ring (bicyclic) bond motifs is 3. The first-order valence-corrected chi connectivity index (χ1v) is 9.90. The molecule has 3 aromatic rings. The van der Waals surface area contributed by atoms with Gasteiger partial charge in [-0.1, -0.05) is 85.8 Å². The Kier molecular flexibility index (Phi) is 4.15. The molecule has 0 radical (unpaired) electrons. The van der Waals surface area contributed by atoms with Crippen LogP contribution in [0.2, 0.25) is 0 Å². The van der Waals surface area contributed by atoms with Crippen LogP contribution in [0.1, 0.15) is 30.0 Å². The van der Waals surface area contributed by atoms with Crippen molar-refractivity contribution in [3.63, 3.8) is 0 Å². The quantitative estimate of drug-likeness (QED) is 0.673. The molecule has 0 N–H and O–H groups in total. The maximum absolute atomic E-state index is 12.9. The molecule has 1 aliphatic heterocycles. The van der Waals surface area contributed by atoms with Crippen LogP contribution in [0.3, 0.4) is 0 Å². The van der Waals surface area contributed by atoms with Gasteiger partial charge in [-0.15, -0.1) is 0 Å². The molecule has 0 amide bonds. The lowest BCUT2D eigenvalue weighted by molar-refractivity contribution is -0.123. The Morgan fingerprint density at radius 2 is 1.50 bits per heavy atom. The number of benzene rings is 3. The molecule has 3 aromatic carbocycles. The average molecular weight is 369 g/mol. The summed E-state index contributed by atoms with van der Waals surface area (Å²) in [6, 6.07) is 27.4. The van der Waals surface area contributed by atoms with Crippen LogP contribution >= 0.6 is 0 Å². The topological polar surface area (TPSA) is 29.5 Å². The van der Waals surface area contributed by atoms with Crippen LogP contribution in [0.4, 0.5) is 0 Å². The van der Waals surface area contributed by atoms with Crippen LogP contribution < -0.4 is 0 Å². The van der Waals surface area contributed by atoms with Crippen molar-refractivity contribution in [2.75, 3.05) is 13.3 Å². The second-order valence-corrected chi connectivity index (χ2v) is 7.47. The van der Waals surface area contributed by atoms with Gasteiger partial charge in [-0.05, 0) is 27.8 Å². The third-order valence-electron chi connectivity index (χ3n) is 6.15. The van der Waals surface area contributed by atoms with Crippen LogP contribution in [0.15, 0.2) is 78.9 Å². The summed E-state index contributed by atoms with van der Waals surface area (Å²) >= 11 is 0. The lowest BCUT2D eigenvalue weighted by Gasteiger charge is -2.43. The molecule has 1 saturated heterocycles. The van der Waals surface area contributed by atoms with E-state index in [0.717, 1.165) is 0 Å². The van der Waals surface area contributed by atoms with E-state index in [1.807, 2.05) is 13.0 Å². The second-order valence-electron chi connectivity index (χ2n) is 7.47. The first kappa shape index (κ1) is 17.4. The van der Waals surface area contributed by atoms with Gasteiger partial charge >= 0.3 is 0 Å². The summed E-state index contributed by atoms with van der Waals surface area (Å²) in [6.07, 6.45) is 0.513. The van der Waals surface area contributed by atoms with E-state index in [9.17, 15) is 4.79 Å². The maximum Gasteiger partial charge on any atom is 0.152 e. The number of ketones is 1. The Labute approximate surface area is 165 Å². The van der Waals surface area contributed by atoms with Crippen molar-refractivity contribution >= 4 is 5.78 Å². The summed E-state index contributed by atoms with van der Waals surface area (Å²) in [6.45, 7) is 2.82. The number of hydrogen-bond donors (Lipinski definition) is 0. The summed E-state index contributed by atoms with van der Waals surface area (Å²) in [5.41, 5.74) is 5.56. The largest absolute Gasteiger partial charge is 0.364 e. The molecule has 0 spiro atoms. The van der Waals surface area contributed by atoms with Crippen molar-refractivity contribution in [2.45, 2.75) is 24.9 Å². The van der Waals surface area contributed by atoms with Gasteiger partial charge in [0.2, 0.25) is 0 Å². The fourth-order valence-corrected chi connectivity index (χ4v) is 4.95. The van der Waals surface area contributed by atoms with Crippen molar-refractivity contribution in [2.24, 2.45) is 0 Å². The predicted molar refractivity (Wildman–Crippen MR) is 110 cm³/mol. The minimum absolute atomic E-state index is 0.231. The van der Waals surface area contributed by atoms with Gasteiger partial charge in [0, 0.05) is 6.42 Å². The zero-order chi connectivity index (χ0) is 19.1. The highest BCUT2D eigenvalue weighted by Crippen LogP contribution is 2.55. The van der Waals surface area contributed by atoms with Crippen LogP contribution in [-0.2, 0) is 15.1 Å². The van der Waals surface area contributed by atoms with E-state index in [2.05, 4.69) is 77.7 Å². The van der Waals surface area contributed by atoms with Gasteiger partial charge in [0.05, 0.1) is 12.6 Å². The monoisotopic (exact) mass is 369 g/mol. The Morgan fingerprint density at radius 1 is 0.929 bits per heavy atom. The Hall–Kier alpha value is -2.75. The number of carbonyl (C=O) groups excluding carboxylic acids is 1. The molecule has 28 heavy (non-hydrogen) atoms. The molecule has 1 heterocycles. The third-order valence-corrected chi connectivity index (χ3v) is 6.15. The van der Waals surface area contributed by atoms with E-state index in [4.69, 9.17) is 4.74 Å². The summed E-state index contributed by atoms with van der Waals surface area (Å²) < 4.78 is 5.89. The molecule has 1 fully saturated rings. The van der Waals surface area contributed by atoms with Crippen LogP contribution in [0.25, 0.3) is 11.1 Å². The number of Topliss-reactive ketones (excluding diaryl/α,β-unsaturated/α-hetero) is 1. The lowest BCUT2D eigenvalue weighted by atomic mass is 9.78. The van der Waals surface area contributed by atoms with Crippen molar-refractivity contribution < 1.29 is 9.53 Å². The Balaban J connectivity index is 1.86. The molecular formula is C25H23NO2. The van der Waals surface area contributed by atoms with E-state index in [1.165, 1.54) is 27.8 Å². The van der Waals surface area contributed by atoms with Gasteiger partial charge in [-0.25, -0.2) is 0 Å². The minimum atomic E-state index is -0.527. The Bertz CT molecular complexity index is 982. The number of hydrogen-bond acceptors (Lipinski definition) is 3. The molecule has 0 unspecified atom stereocenters. The summed E-state index contributed by atoms with van der Waals surface area (Å²) in [7, 11) is 0. The summed E-state index contributed by atoms with van der Waals surface area (Å²) in [4.78, 5) is 15.1. The first-order valence-electron chi connectivity index (χ1n) is 9.90. The van der Waals surface area contributed by atoms with E-state index in [0.29, 0.717) is 19.8 Å². The molecule has 3 heteroatoms. The molecular weight excluding hydrogens is 346 g/mol. The molecule has 5 rings (SSSR count). The number of rotatable bonds is 4. The first-order chi connectivity index (χ1) is 13.8. The molecule has 0 saturated carbocycles. The van der Waals surface area contributed by atoms with Gasteiger partial charge < -0.3 is 4.74 Å². The third kappa shape index (κ3) is 2.27. The lowest BCUT2D eigenvalue weighted by Crippen LogP contribution is -2.52. The van der Waals surface area contributed by atoms with Crippen molar-refractivity contribution in [1.29, 1.82) is 0 Å². The van der Waals surface area contributed by atoms with Gasteiger partial charge in [-0.2, -0.15) is 0 Å². The number of nitrogens with zero attached hydrogens (tertiary/aromatic N) is 1. The van der Waals surface area contributed by atoms with E-state index in [-0.39, 0.29) is 11.8 Å². The van der Waals surface area contributed by atoms with Crippen molar-refractivity contribution in [3.05, 3.63) is 95.6 Å². The smallest absolute Gasteiger partial charge is 0.152 e. The highest BCUT2D eigenvalue weighted by Gasteiger charge is 2.53. The molecule has 140 valence electrons. The SMILES string of the molecule is CCC(=O)[C@@H]1COCN1C1(c2ccccc2)c2ccccc2-c2ccccc21. The Morgan fingerprint density at radius 3 is 2.11 bits per heavy atom. The number of carbonyl (C=O) groups is 1. The van der Waals surface area contributed by atoms with Gasteiger partial charge in [0.1, 0.15) is 12.3 Å². The fourth-order valence-electron chi connectivity index (χ4n) is 4.95. The highest BCUT2D eigenvalue weighted by molar-refractivity contribution is 5.87. The van der Waals surface area contributed by atoms with Crippen LogP contribution in [-0.4, -0.2) is 30.1 Å². The van der Waals surface area contributed by atoms with Crippen LogP contribution in [0.5, 0.6) is 0 Å². The van der Waals surface area contributed by atoms with E-state index < -0.39 is 5.54 Å². The summed E-state index contributed by atoms with van der Waals surface area (Å²) in [5.74, 6) is 0.231. The van der Waals surface area contributed by atoms with Gasteiger partial charge in [-0.3, -0.25) is 9.69 Å². The van der Waals surface area contributed by atoms with E-state index in [1.54, 1.807) is 0 Å². The minimum Gasteiger partial charge on any atom is -0.364 e. The molecule has 1 aliphatic carbocycles. The maximum atomic E-state index is 12.9. The van der Waals surface area contributed by atoms with Crippen molar-refractivity contribution in [1.82, 2.24) is 4.90 Å². The highest BCUT2D eigenvalue weighted by atomic mass is 16.5. The standard InChI is InChI=1S/C25H23NO2/c1-2-24(27)23-16-28-17-26(23)25(18-10-4-3-5-11-18)21-14-8-6-12-19(21)20-13-7-9-15-22(20)25/h3-15,23H,2,16-17H2,1H3/t23-/m0/s1. The predicted octanol–water partition coefficient (Wildman–Crippen LogP) is 4.60. The second kappa shape index (κ2) is 6.69. The van der Waals surface area contributed by atoms with E-state index >= 15 is 0 Å². The van der Waals surface area contributed by atoms with Crippen LogP contribution in [0, 0.1) is 0 Å². The number of ether oxygens (including phenoxy) is 1. The molecule has 1 atom stereocenters. The summed E-state index contributed by atoms with van der Waals surface area (Å²) in [5, 5.41) is 0.